The van der Waals surface area contributed by atoms with Gasteiger partial charge in [-0.05, 0) is 19.1 Å². The predicted molar refractivity (Wildman–Crippen MR) is 71.0 cm³/mol. The summed E-state index contributed by atoms with van der Waals surface area (Å²) in [6.45, 7) is 2.75. The molecule has 2 N–H and O–H groups in total. The number of benzene rings is 1. The molecule has 1 aromatic rings. The molecule has 0 heterocycles. The van der Waals surface area contributed by atoms with Crippen molar-refractivity contribution in [3.8, 4) is 5.75 Å². The number of sulfone groups is 1. The zero-order valence-electron chi connectivity index (χ0n) is 11.0. The van der Waals surface area contributed by atoms with Gasteiger partial charge in [0.2, 0.25) is 5.91 Å². The third kappa shape index (κ3) is 4.22. The van der Waals surface area contributed by atoms with Crippen molar-refractivity contribution in [3.63, 3.8) is 0 Å². The van der Waals surface area contributed by atoms with Crippen molar-refractivity contribution in [1.82, 2.24) is 0 Å². The van der Waals surface area contributed by atoms with Gasteiger partial charge in [0.15, 0.2) is 9.84 Å². The number of nitrogens with one attached hydrogen (secondary N) is 1. The Labute approximate surface area is 112 Å². The molecule has 0 saturated heterocycles. The molecule has 106 valence electrons. The van der Waals surface area contributed by atoms with Crippen molar-refractivity contribution in [2.75, 3.05) is 18.2 Å². The van der Waals surface area contributed by atoms with E-state index in [-0.39, 0.29) is 22.3 Å². The maximum atomic E-state index is 11.9. The average Bonchev–Trinajstić information content (AvgIpc) is 2.26. The van der Waals surface area contributed by atoms with Gasteiger partial charge in [0.1, 0.15) is 5.75 Å². The highest BCUT2D eigenvalue weighted by molar-refractivity contribution is 7.91. The second kappa shape index (κ2) is 6.03. The van der Waals surface area contributed by atoms with E-state index in [4.69, 9.17) is 4.74 Å². The lowest BCUT2D eigenvalue weighted by molar-refractivity contribution is -0.114. The molecule has 1 amide bonds. The van der Waals surface area contributed by atoms with Crippen LogP contribution in [0.15, 0.2) is 23.1 Å². The van der Waals surface area contributed by atoms with Crippen LogP contribution in [0.3, 0.4) is 0 Å². The van der Waals surface area contributed by atoms with Gasteiger partial charge in [-0.15, -0.1) is 0 Å². The number of aliphatic hydroxyl groups excluding tert-OH is 1. The predicted octanol–water partition coefficient (Wildman–Crippen LogP) is 0.808. The molecule has 1 unspecified atom stereocenters. The van der Waals surface area contributed by atoms with Crippen molar-refractivity contribution >= 4 is 21.4 Å². The number of hydrogen-bond acceptors (Lipinski definition) is 5. The zero-order valence-corrected chi connectivity index (χ0v) is 11.8. The van der Waals surface area contributed by atoms with Gasteiger partial charge < -0.3 is 15.2 Å². The van der Waals surface area contributed by atoms with Crippen molar-refractivity contribution < 1.29 is 23.1 Å². The van der Waals surface area contributed by atoms with Gasteiger partial charge >= 0.3 is 0 Å². The third-order valence-corrected chi connectivity index (χ3v) is 4.20. The first-order chi connectivity index (χ1) is 8.76. The lowest BCUT2D eigenvalue weighted by Gasteiger charge is -2.12. The minimum absolute atomic E-state index is 0.0411. The molecule has 0 radical (unpaired) electrons. The minimum atomic E-state index is -3.58. The number of methoxy groups -OCH3 is 1. The molecule has 0 aliphatic carbocycles. The van der Waals surface area contributed by atoms with Gasteiger partial charge in [-0.1, -0.05) is 0 Å². The van der Waals surface area contributed by atoms with Gasteiger partial charge in [-0.3, -0.25) is 4.79 Å². The average molecular weight is 287 g/mol. The molecule has 1 atom stereocenters. The molecule has 0 spiro atoms. The van der Waals surface area contributed by atoms with E-state index in [1.165, 1.54) is 39.2 Å². The van der Waals surface area contributed by atoms with E-state index in [1.54, 1.807) is 0 Å². The van der Waals surface area contributed by atoms with Crippen LogP contribution in [0, 0.1) is 0 Å². The molecule has 0 fully saturated rings. The quantitative estimate of drug-likeness (QED) is 0.836. The fourth-order valence-corrected chi connectivity index (χ4v) is 2.96. The van der Waals surface area contributed by atoms with Crippen LogP contribution in [0.4, 0.5) is 5.69 Å². The lowest BCUT2D eigenvalue weighted by atomic mass is 10.3. The van der Waals surface area contributed by atoms with Gasteiger partial charge in [0, 0.05) is 13.0 Å². The summed E-state index contributed by atoms with van der Waals surface area (Å²) in [5.74, 6) is -0.393. The Morgan fingerprint density at radius 1 is 1.47 bits per heavy atom. The van der Waals surface area contributed by atoms with Crippen molar-refractivity contribution in [1.29, 1.82) is 0 Å². The number of hydrogen-bond donors (Lipinski definition) is 2. The number of rotatable bonds is 5. The molecule has 6 nitrogen and oxygen atoms in total. The van der Waals surface area contributed by atoms with E-state index in [2.05, 4.69) is 5.32 Å². The van der Waals surface area contributed by atoms with Crippen LogP contribution < -0.4 is 10.1 Å². The molecular weight excluding hydrogens is 270 g/mol. The molecule has 1 rings (SSSR count). The molecule has 19 heavy (non-hydrogen) atoms. The second-order valence-corrected chi connectivity index (χ2v) is 6.21. The van der Waals surface area contributed by atoms with Crippen LogP contribution in [0.2, 0.25) is 0 Å². The highest BCUT2D eigenvalue weighted by atomic mass is 32.2. The van der Waals surface area contributed by atoms with E-state index in [0.29, 0.717) is 5.69 Å². The highest BCUT2D eigenvalue weighted by Gasteiger charge is 2.19. The number of aliphatic hydroxyl groups is 1. The maximum Gasteiger partial charge on any atom is 0.221 e. The summed E-state index contributed by atoms with van der Waals surface area (Å²) in [6, 6.07) is 4.14. The van der Waals surface area contributed by atoms with E-state index in [9.17, 15) is 18.3 Å². The van der Waals surface area contributed by atoms with E-state index in [1.807, 2.05) is 0 Å². The van der Waals surface area contributed by atoms with Gasteiger partial charge in [-0.25, -0.2) is 8.42 Å². The monoisotopic (exact) mass is 287 g/mol. The third-order valence-electron chi connectivity index (χ3n) is 2.30. The molecule has 0 aromatic heterocycles. The molecule has 1 aromatic carbocycles. The van der Waals surface area contributed by atoms with E-state index >= 15 is 0 Å². The summed E-state index contributed by atoms with van der Waals surface area (Å²) in [5, 5.41) is 11.7. The van der Waals surface area contributed by atoms with Crippen LogP contribution in [0.25, 0.3) is 0 Å². The van der Waals surface area contributed by atoms with Crippen LogP contribution in [0.1, 0.15) is 13.8 Å². The Morgan fingerprint density at radius 3 is 2.58 bits per heavy atom. The number of ether oxygens (including phenoxy) is 1. The summed E-state index contributed by atoms with van der Waals surface area (Å²) in [7, 11) is -2.20. The van der Waals surface area contributed by atoms with Crippen LogP contribution in [-0.4, -0.2) is 38.4 Å². The van der Waals surface area contributed by atoms with Crippen molar-refractivity contribution in [3.05, 3.63) is 18.2 Å². The molecule has 0 aliphatic heterocycles. The highest BCUT2D eigenvalue weighted by Crippen LogP contribution is 2.28. The topological polar surface area (TPSA) is 92.7 Å². The van der Waals surface area contributed by atoms with Gasteiger partial charge in [-0.2, -0.15) is 0 Å². The first kappa shape index (κ1) is 15.5. The van der Waals surface area contributed by atoms with Crippen LogP contribution in [0.5, 0.6) is 5.75 Å². The standard InChI is InChI=1S/C12H17NO5S/c1-8(14)7-19(16,17)10-4-5-11(13-9(2)15)12(6-10)18-3/h4-6,8,14H,7H2,1-3H3,(H,13,15). The molecular formula is C12H17NO5S. The maximum absolute atomic E-state index is 11.9. The number of carbonyl (C=O) groups excluding carboxylic acids is 1. The van der Waals surface area contributed by atoms with E-state index in [0.717, 1.165) is 0 Å². The SMILES string of the molecule is COc1cc(S(=O)(=O)CC(C)O)ccc1NC(C)=O. The Morgan fingerprint density at radius 2 is 2.11 bits per heavy atom. The lowest BCUT2D eigenvalue weighted by Crippen LogP contribution is -2.18. The summed E-state index contributed by atoms with van der Waals surface area (Å²) < 4.78 is 28.9. The molecule has 0 bridgehead atoms. The van der Waals surface area contributed by atoms with Crippen molar-refractivity contribution in [2.45, 2.75) is 24.8 Å². The summed E-state index contributed by atoms with van der Waals surface area (Å²) in [5.41, 5.74) is 0.394. The van der Waals surface area contributed by atoms with E-state index < -0.39 is 15.9 Å². The first-order valence-corrected chi connectivity index (χ1v) is 7.28. The molecule has 0 saturated carbocycles. The zero-order chi connectivity index (χ0) is 14.6. The van der Waals surface area contributed by atoms with Gasteiger partial charge in [0.25, 0.3) is 0 Å². The van der Waals surface area contributed by atoms with Gasteiger partial charge in [0.05, 0.1) is 29.5 Å². The normalized spacial score (nSPS) is 12.8. The molecule has 7 heteroatoms. The fraction of sp³-hybridized carbons (Fsp3) is 0.417. The van der Waals surface area contributed by atoms with Crippen molar-refractivity contribution in [2.24, 2.45) is 0 Å². The van der Waals surface area contributed by atoms with Crippen LogP contribution in [-0.2, 0) is 14.6 Å². The fourth-order valence-electron chi connectivity index (χ4n) is 1.57. The Kier molecular flexibility index (Phi) is 4.90. The summed E-state index contributed by atoms with van der Waals surface area (Å²) in [6.07, 6.45) is -0.953. The Balaban J connectivity index is 3.16. The summed E-state index contributed by atoms with van der Waals surface area (Å²) in [4.78, 5) is 11.0. The number of carbonyl (C=O) groups is 1. The van der Waals surface area contributed by atoms with Crippen LogP contribution >= 0.6 is 0 Å². The molecule has 0 aliphatic rings. The summed E-state index contributed by atoms with van der Waals surface area (Å²) >= 11 is 0. The largest absolute Gasteiger partial charge is 0.495 e. The smallest absolute Gasteiger partial charge is 0.221 e. The minimum Gasteiger partial charge on any atom is -0.495 e. The first-order valence-electron chi connectivity index (χ1n) is 5.62. The number of anilines is 1. The second-order valence-electron chi connectivity index (χ2n) is 4.17. The Hall–Kier alpha value is -1.60. The number of amides is 1. The Bertz CT molecular complexity index is 565.